The van der Waals surface area contributed by atoms with Gasteiger partial charge in [-0.1, -0.05) is 24.3 Å². The van der Waals surface area contributed by atoms with E-state index in [4.69, 9.17) is 21.4 Å². The second-order valence-electron chi connectivity index (χ2n) is 7.86. The van der Waals surface area contributed by atoms with Crippen LogP contribution in [0.4, 0.5) is 8.78 Å². The molecule has 0 heterocycles. The average Bonchev–Trinajstić information content (AvgIpc) is 2.90. The number of hydrogen-bond acceptors (Lipinski definition) is 4. The van der Waals surface area contributed by atoms with Gasteiger partial charge in [0.15, 0.2) is 11.6 Å². The van der Waals surface area contributed by atoms with Gasteiger partial charge < -0.3 is 9.84 Å². The third kappa shape index (κ3) is 11.1. The maximum atomic E-state index is 12.7. The van der Waals surface area contributed by atoms with Gasteiger partial charge in [-0.05, 0) is 97.8 Å². The summed E-state index contributed by atoms with van der Waals surface area (Å²) in [6.45, 7) is 3.39. The quantitative estimate of drug-likeness (QED) is 0.207. The lowest BCUT2D eigenvalue weighted by molar-refractivity contribution is 0.100. The van der Waals surface area contributed by atoms with Gasteiger partial charge in [0.1, 0.15) is 29.7 Å². The summed E-state index contributed by atoms with van der Waals surface area (Å²) in [6.07, 6.45) is 0. The summed E-state index contributed by atoms with van der Waals surface area (Å²) in [6, 6.07) is 25.4. The predicted octanol–water partition coefficient (Wildman–Crippen LogP) is 7.77. The minimum absolute atomic E-state index is 0.0139. The van der Waals surface area contributed by atoms with Gasteiger partial charge in [-0.25, -0.2) is 8.78 Å². The van der Waals surface area contributed by atoms with Gasteiger partial charge in [0.2, 0.25) is 0 Å². The van der Waals surface area contributed by atoms with Crippen molar-refractivity contribution in [2.75, 3.05) is 0 Å². The fraction of sp³-hybridized carbons (Fsp3) is 0.133. The molecule has 0 aliphatic rings. The molecule has 37 heavy (non-hydrogen) atoms. The van der Waals surface area contributed by atoms with Crippen LogP contribution in [0.1, 0.15) is 45.7 Å². The smallest absolute Gasteiger partial charge is 0.159 e. The molecule has 4 aromatic carbocycles. The van der Waals surface area contributed by atoms with Crippen LogP contribution in [0.15, 0.2) is 97.1 Å². The summed E-state index contributed by atoms with van der Waals surface area (Å²) in [7, 11) is 0. The van der Waals surface area contributed by atoms with E-state index >= 15 is 0 Å². The fourth-order valence-corrected chi connectivity index (χ4v) is 2.98. The molecule has 192 valence electrons. The maximum Gasteiger partial charge on any atom is 0.159 e. The van der Waals surface area contributed by atoms with Crippen molar-refractivity contribution >= 4 is 23.2 Å². The van der Waals surface area contributed by atoms with E-state index < -0.39 is 0 Å². The summed E-state index contributed by atoms with van der Waals surface area (Å²) in [5.41, 5.74) is 3.12. The van der Waals surface area contributed by atoms with Gasteiger partial charge in [-0.15, -0.1) is 11.6 Å². The van der Waals surface area contributed by atoms with Crippen molar-refractivity contribution in [3.63, 3.8) is 0 Å². The number of aromatic hydroxyl groups is 1. The molecule has 0 fully saturated rings. The van der Waals surface area contributed by atoms with E-state index in [1.807, 2.05) is 0 Å². The number of carbonyl (C=O) groups excluding carboxylic acids is 2. The van der Waals surface area contributed by atoms with Crippen molar-refractivity contribution in [3.05, 3.63) is 131 Å². The summed E-state index contributed by atoms with van der Waals surface area (Å²) in [5, 5.41) is 8.83. The van der Waals surface area contributed by atoms with Crippen LogP contribution in [0.5, 0.6) is 11.5 Å². The van der Waals surface area contributed by atoms with E-state index in [1.54, 1.807) is 60.7 Å². The zero-order valence-corrected chi connectivity index (χ0v) is 21.2. The van der Waals surface area contributed by atoms with Gasteiger partial charge in [-0.3, -0.25) is 9.59 Å². The summed E-state index contributed by atoms with van der Waals surface area (Å²) in [5.74, 6) is 0.878. The topological polar surface area (TPSA) is 63.6 Å². The van der Waals surface area contributed by atoms with Crippen LogP contribution in [0, 0.1) is 11.6 Å². The van der Waals surface area contributed by atoms with Crippen LogP contribution in [-0.2, 0) is 12.5 Å². The Balaban J connectivity index is 0.000000214. The molecule has 0 atom stereocenters. The minimum Gasteiger partial charge on any atom is -0.508 e. The number of carbonyl (C=O) groups is 2. The number of ether oxygens (including phenoxy) is 1. The molecule has 0 spiro atoms. The Kier molecular flexibility index (Phi) is 12.0. The van der Waals surface area contributed by atoms with Crippen molar-refractivity contribution in [2.45, 2.75) is 26.3 Å². The highest BCUT2D eigenvalue weighted by molar-refractivity contribution is 6.17. The van der Waals surface area contributed by atoms with E-state index in [1.165, 1.54) is 50.2 Å². The first kappa shape index (κ1) is 29.2. The second kappa shape index (κ2) is 15.2. The minimum atomic E-state index is -0.260. The van der Waals surface area contributed by atoms with E-state index in [9.17, 15) is 18.4 Å². The Morgan fingerprint density at radius 2 is 1.08 bits per heavy atom. The van der Waals surface area contributed by atoms with E-state index in [-0.39, 0.29) is 29.0 Å². The number of ketones is 2. The largest absolute Gasteiger partial charge is 0.508 e. The van der Waals surface area contributed by atoms with Gasteiger partial charge in [0.05, 0.1) is 0 Å². The summed E-state index contributed by atoms with van der Waals surface area (Å²) >= 11 is 5.46. The van der Waals surface area contributed by atoms with Crippen LogP contribution < -0.4 is 4.74 Å². The third-order valence-electron chi connectivity index (χ3n) is 4.92. The Morgan fingerprint density at radius 3 is 1.49 bits per heavy atom. The van der Waals surface area contributed by atoms with E-state index in [0.29, 0.717) is 29.4 Å². The number of benzene rings is 4. The Labute approximate surface area is 220 Å². The molecule has 0 aliphatic heterocycles. The highest BCUT2D eigenvalue weighted by Gasteiger charge is 2.00. The molecule has 4 nitrogen and oxygen atoms in total. The number of phenols is 1. The summed E-state index contributed by atoms with van der Waals surface area (Å²) < 4.78 is 30.4. The van der Waals surface area contributed by atoms with Crippen molar-refractivity contribution in [1.82, 2.24) is 0 Å². The molecular weight excluding hydrogens is 498 g/mol. The van der Waals surface area contributed by atoms with E-state index in [0.717, 1.165) is 11.1 Å². The SMILES string of the molecule is CC(=O)c1ccc(O)cc1.CC(=O)c1ccc(OCc2ccc(F)cc2)cc1.Fc1ccc(CCl)cc1. The Bertz CT molecular complexity index is 1260. The number of hydrogen-bond donors (Lipinski definition) is 1. The van der Waals surface area contributed by atoms with Crippen LogP contribution in [0.3, 0.4) is 0 Å². The standard InChI is InChI=1S/C15H13FO2.C8H8O2.C7H6ClF/c1-11(17)13-4-8-15(9-5-13)18-10-12-2-6-14(16)7-3-12;1-6(9)7-2-4-8(10)5-3-7;8-5-6-1-3-7(9)4-2-6/h2-9H,10H2,1H3;2-5,10H,1H3;1-4H,5H2. The number of halogens is 3. The normalized spacial score (nSPS) is 9.76. The molecule has 0 radical (unpaired) electrons. The molecule has 0 amide bonds. The highest BCUT2D eigenvalue weighted by Crippen LogP contribution is 2.15. The number of alkyl halides is 1. The molecule has 0 saturated carbocycles. The molecule has 0 bridgehead atoms. The fourth-order valence-electron chi connectivity index (χ4n) is 2.80. The summed E-state index contributed by atoms with van der Waals surface area (Å²) in [4.78, 5) is 21.8. The molecule has 4 aromatic rings. The molecular formula is C30H27ClF2O4. The molecule has 1 N–H and O–H groups in total. The van der Waals surface area contributed by atoms with Gasteiger partial charge in [0.25, 0.3) is 0 Å². The Hall–Kier alpha value is -4.03. The monoisotopic (exact) mass is 524 g/mol. The van der Waals surface area contributed by atoms with Gasteiger partial charge >= 0.3 is 0 Å². The van der Waals surface area contributed by atoms with Crippen molar-refractivity contribution in [3.8, 4) is 11.5 Å². The van der Waals surface area contributed by atoms with Crippen LogP contribution in [-0.4, -0.2) is 16.7 Å². The van der Waals surface area contributed by atoms with Crippen molar-refractivity contribution < 1.29 is 28.2 Å². The molecule has 0 aliphatic carbocycles. The molecule has 7 heteroatoms. The molecule has 0 unspecified atom stereocenters. The van der Waals surface area contributed by atoms with Crippen LogP contribution in [0.2, 0.25) is 0 Å². The number of phenolic OH excluding ortho intramolecular Hbond substituents is 1. The van der Waals surface area contributed by atoms with Crippen LogP contribution in [0.25, 0.3) is 0 Å². The first-order valence-corrected chi connectivity index (χ1v) is 11.8. The van der Waals surface area contributed by atoms with Gasteiger partial charge in [0, 0.05) is 17.0 Å². The third-order valence-corrected chi connectivity index (χ3v) is 5.23. The van der Waals surface area contributed by atoms with Crippen LogP contribution >= 0.6 is 11.6 Å². The predicted molar refractivity (Wildman–Crippen MR) is 141 cm³/mol. The maximum absolute atomic E-state index is 12.7. The lowest BCUT2D eigenvalue weighted by atomic mass is 10.1. The van der Waals surface area contributed by atoms with Crippen molar-refractivity contribution in [1.29, 1.82) is 0 Å². The first-order valence-electron chi connectivity index (χ1n) is 11.3. The molecule has 0 aromatic heterocycles. The van der Waals surface area contributed by atoms with E-state index in [2.05, 4.69) is 0 Å². The number of Topliss-reactive ketones (excluding diaryl/α,β-unsaturated/α-hetero) is 2. The lowest BCUT2D eigenvalue weighted by Gasteiger charge is -2.06. The number of rotatable bonds is 6. The zero-order valence-electron chi connectivity index (χ0n) is 20.5. The second-order valence-corrected chi connectivity index (χ2v) is 8.13. The Morgan fingerprint density at radius 1 is 0.676 bits per heavy atom. The van der Waals surface area contributed by atoms with Gasteiger partial charge in [-0.2, -0.15) is 0 Å². The first-order chi connectivity index (χ1) is 17.7. The molecule has 4 rings (SSSR count). The van der Waals surface area contributed by atoms with Crippen molar-refractivity contribution in [2.24, 2.45) is 0 Å². The lowest BCUT2D eigenvalue weighted by Crippen LogP contribution is -1.96. The highest BCUT2D eigenvalue weighted by atomic mass is 35.5. The average molecular weight is 525 g/mol. The molecule has 0 saturated heterocycles. The zero-order chi connectivity index (χ0) is 27.2.